The second-order valence-corrected chi connectivity index (χ2v) is 8.33. The highest BCUT2D eigenvalue weighted by atomic mass is 32.2. The molecule has 0 bridgehead atoms. The quantitative estimate of drug-likeness (QED) is 0.855. The van der Waals surface area contributed by atoms with Crippen molar-refractivity contribution in [3.8, 4) is 0 Å². The Balaban J connectivity index is 1.77. The Labute approximate surface area is 141 Å². The van der Waals surface area contributed by atoms with Crippen LogP contribution in [0.4, 0.5) is 0 Å². The number of benzene rings is 1. The van der Waals surface area contributed by atoms with Gasteiger partial charge in [0.15, 0.2) is 9.84 Å². The van der Waals surface area contributed by atoms with E-state index in [1.807, 2.05) is 24.3 Å². The molecule has 1 amide bonds. The predicted molar refractivity (Wildman–Crippen MR) is 90.0 cm³/mol. The normalized spacial score (nSPS) is 19.6. The maximum atomic E-state index is 11.8. The van der Waals surface area contributed by atoms with Gasteiger partial charge in [-0.05, 0) is 36.2 Å². The minimum absolute atomic E-state index is 0.0316. The smallest absolute Gasteiger partial charge is 0.248 e. The van der Waals surface area contributed by atoms with Crippen molar-refractivity contribution in [3.63, 3.8) is 0 Å². The van der Waals surface area contributed by atoms with Crippen molar-refractivity contribution in [3.05, 3.63) is 59.5 Å². The summed E-state index contributed by atoms with van der Waals surface area (Å²) in [5.74, 6) is 0.740. The second-order valence-electron chi connectivity index (χ2n) is 6.10. The van der Waals surface area contributed by atoms with E-state index in [1.54, 1.807) is 18.4 Å². The van der Waals surface area contributed by atoms with E-state index < -0.39 is 15.7 Å². The lowest BCUT2D eigenvalue weighted by atomic mass is 10.1. The summed E-state index contributed by atoms with van der Waals surface area (Å²) in [4.78, 5) is 13.3. The molecule has 1 aromatic heterocycles. The highest BCUT2D eigenvalue weighted by molar-refractivity contribution is 7.91. The number of carbonyl (C=O) groups is 1. The summed E-state index contributed by atoms with van der Waals surface area (Å²) < 4.78 is 29.0. The number of primary amides is 1. The van der Waals surface area contributed by atoms with Crippen LogP contribution in [0, 0.1) is 0 Å². The van der Waals surface area contributed by atoms with E-state index in [0.29, 0.717) is 25.1 Å². The molecule has 1 aliphatic rings. The van der Waals surface area contributed by atoms with Gasteiger partial charge in [-0.2, -0.15) is 0 Å². The summed E-state index contributed by atoms with van der Waals surface area (Å²) in [7, 11) is -2.96. The van der Waals surface area contributed by atoms with Crippen molar-refractivity contribution < 1.29 is 17.6 Å². The minimum Gasteiger partial charge on any atom is -0.468 e. The molecule has 0 aliphatic carbocycles. The highest BCUT2D eigenvalue weighted by Gasteiger charge is 2.32. The maximum absolute atomic E-state index is 11.8. The fraction of sp³-hybridized carbons (Fsp3) is 0.353. The van der Waals surface area contributed by atoms with Crippen LogP contribution < -0.4 is 5.73 Å². The van der Waals surface area contributed by atoms with Gasteiger partial charge in [-0.1, -0.05) is 12.1 Å². The second kappa shape index (κ2) is 6.78. The number of sulfone groups is 1. The summed E-state index contributed by atoms with van der Waals surface area (Å²) >= 11 is 0. The molecule has 7 heteroatoms. The average Bonchev–Trinajstić information content (AvgIpc) is 3.16. The molecule has 0 unspecified atom stereocenters. The highest BCUT2D eigenvalue weighted by Crippen LogP contribution is 2.22. The zero-order chi connectivity index (χ0) is 17.2. The lowest BCUT2D eigenvalue weighted by Crippen LogP contribution is -2.35. The van der Waals surface area contributed by atoms with Gasteiger partial charge in [0, 0.05) is 18.2 Å². The summed E-state index contributed by atoms with van der Waals surface area (Å²) in [6.45, 7) is 1.13. The number of hydrogen-bond donors (Lipinski definition) is 1. The van der Waals surface area contributed by atoms with Crippen molar-refractivity contribution >= 4 is 15.7 Å². The number of hydrogen-bond acceptors (Lipinski definition) is 5. The van der Waals surface area contributed by atoms with E-state index in [1.165, 1.54) is 0 Å². The third kappa shape index (κ3) is 4.04. The molecule has 24 heavy (non-hydrogen) atoms. The number of carbonyl (C=O) groups excluding carboxylic acids is 1. The first-order valence-corrected chi connectivity index (χ1v) is 9.61. The van der Waals surface area contributed by atoms with Crippen LogP contribution >= 0.6 is 0 Å². The van der Waals surface area contributed by atoms with E-state index in [4.69, 9.17) is 10.2 Å². The zero-order valence-corrected chi connectivity index (χ0v) is 14.0. The van der Waals surface area contributed by atoms with E-state index in [2.05, 4.69) is 4.90 Å². The standard InChI is InChI=1S/C17H20N2O4S/c18-17(20)14-5-3-13(4-6-14)10-19(11-16-2-1-8-23-16)15-7-9-24(21,22)12-15/h1-6,8,15H,7,9-12H2,(H2,18,20)/t15-/m1/s1. The molecule has 128 valence electrons. The molecule has 1 aromatic carbocycles. The van der Waals surface area contributed by atoms with Gasteiger partial charge in [-0.15, -0.1) is 0 Å². The number of nitrogens with zero attached hydrogens (tertiary/aromatic N) is 1. The van der Waals surface area contributed by atoms with Gasteiger partial charge >= 0.3 is 0 Å². The van der Waals surface area contributed by atoms with Crippen LogP contribution in [0.2, 0.25) is 0 Å². The molecule has 0 saturated carbocycles. The fourth-order valence-electron chi connectivity index (χ4n) is 2.99. The third-order valence-electron chi connectivity index (χ3n) is 4.29. The predicted octanol–water partition coefficient (Wildman–Crippen LogP) is 1.57. The first kappa shape index (κ1) is 16.7. The van der Waals surface area contributed by atoms with Crippen LogP contribution in [0.5, 0.6) is 0 Å². The lowest BCUT2D eigenvalue weighted by molar-refractivity contribution is 0.1000. The Kier molecular flexibility index (Phi) is 4.73. The summed E-state index contributed by atoms with van der Waals surface area (Å²) in [5.41, 5.74) is 6.71. The monoisotopic (exact) mass is 348 g/mol. The Morgan fingerprint density at radius 1 is 1.21 bits per heavy atom. The van der Waals surface area contributed by atoms with Crippen LogP contribution in [-0.4, -0.2) is 36.8 Å². The molecule has 1 saturated heterocycles. The molecule has 1 fully saturated rings. The van der Waals surface area contributed by atoms with Crippen LogP contribution in [0.1, 0.15) is 28.1 Å². The number of nitrogens with two attached hydrogens (primary N) is 1. The molecule has 2 aromatic rings. The number of furan rings is 1. The van der Waals surface area contributed by atoms with Gasteiger partial charge in [-0.25, -0.2) is 8.42 Å². The molecule has 1 aliphatic heterocycles. The van der Waals surface area contributed by atoms with Crippen molar-refractivity contribution in [2.75, 3.05) is 11.5 Å². The van der Waals surface area contributed by atoms with Gasteiger partial charge in [0.25, 0.3) is 0 Å². The Hall–Kier alpha value is -2.12. The number of rotatable bonds is 6. The van der Waals surface area contributed by atoms with E-state index >= 15 is 0 Å². The third-order valence-corrected chi connectivity index (χ3v) is 6.04. The topological polar surface area (TPSA) is 93.6 Å². The largest absolute Gasteiger partial charge is 0.468 e. The van der Waals surface area contributed by atoms with Crippen LogP contribution in [0.3, 0.4) is 0 Å². The molecular formula is C17H20N2O4S. The van der Waals surface area contributed by atoms with Crippen LogP contribution in [0.15, 0.2) is 47.1 Å². The molecule has 0 spiro atoms. The first-order chi connectivity index (χ1) is 11.4. The van der Waals surface area contributed by atoms with Gasteiger partial charge in [0.1, 0.15) is 5.76 Å². The van der Waals surface area contributed by atoms with E-state index in [0.717, 1.165) is 11.3 Å². The van der Waals surface area contributed by atoms with E-state index in [-0.39, 0.29) is 17.5 Å². The van der Waals surface area contributed by atoms with Gasteiger partial charge in [-0.3, -0.25) is 9.69 Å². The Morgan fingerprint density at radius 2 is 1.96 bits per heavy atom. The lowest BCUT2D eigenvalue weighted by Gasteiger charge is -2.27. The SMILES string of the molecule is NC(=O)c1ccc(CN(Cc2ccco2)[C@@H]2CCS(=O)(=O)C2)cc1. The van der Waals surface area contributed by atoms with Crippen LogP contribution in [0.25, 0.3) is 0 Å². The van der Waals surface area contributed by atoms with Crippen LogP contribution in [-0.2, 0) is 22.9 Å². The zero-order valence-electron chi connectivity index (χ0n) is 13.2. The molecule has 6 nitrogen and oxygen atoms in total. The molecule has 0 radical (unpaired) electrons. The Bertz CT molecular complexity index is 798. The fourth-order valence-corrected chi connectivity index (χ4v) is 4.75. The average molecular weight is 348 g/mol. The van der Waals surface area contributed by atoms with Gasteiger partial charge < -0.3 is 10.2 Å². The molecule has 1 atom stereocenters. The van der Waals surface area contributed by atoms with Crippen molar-refractivity contribution in [2.24, 2.45) is 5.73 Å². The number of amides is 1. The van der Waals surface area contributed by atoms with E-state index in [9.17, 15) is 13.2 Å². The van der Waals surface area contributed by atoms with Gasteiger partial charge in [0.05, 0.1) is 24.3 Å². The summed E-state index contributed by atoms with van der Waals surface area (Å²) in [6, 6.07) is 10.7. The van der Waals surface area contributed by atoms with Crippen molar-refractivity contribution in [1.82, 2.24) is 4.90 Å². The molecule has 2 heterocycles. The summed E-state index contributed by atoms with van der Waals surface area (Å²) in [5, 5.41) is 0. The Morgan fingerprint density at radius 3 is 2.50 bits per heavy atom. The minimum atomic E-state index is -2.96. The summed E-state index contributed by atoms with van der Waals surface area (Å²) in [6.07, 6.45) is 2.24. The van der Waals surface area contributed by atoms with Crippen molar-refractivity contribution in [2.45, 2.75) is 25.6 Å². The molecule has 3 rings (SSSR count). The maximum Gasteiger partial charge on any atom is 0.248 e. The van der Waals surface area contributed by atoms with Gasteiger partial charge in [0.2, 0.25) is 5.91 Å². The first-order valence-electron chi connectivity index (χ1n) is 7.78. The van der Waals surface area contributed by atoms with Crippen molar-refractivity contribution in [1.29, 1.82) is 0 Å². The molecule has 2 N–H and O–H groups in total. The molecular weight excluding hydrogens is 328 g/mol.